The standard InChI is InChI=1S/C23H20O4S/c1-13-4-9-20-18(22(13)24)10-14-5-6-15(11-21(14)28-20)23(25)17-8-7-16(26-2)12-19(17)27-3/h4-9,11-13H,10H2,1-3H3. The Hall–Kier alpha value is -2.79. The van der Waals surface area contributed by atoms with E-state index in [9.17, 15) is 9.59 Å². The second-order valence-corrected chi connectivity index (χ2v) is 7.94. The van der Waals surface area contributed by atoms with E-state index < -0.39 is 0 Å². The SMILES string of the molecule is COc1ccc(C(=O)c2ccc3c(c2)SC2=C(C3)C(=O)C(C)C=C2)c(OC)c1. The molecule has 0 saturated carbocycles. The van der Waals surface area contributed by atoms with Crippen molar-refractivity contribution in [1.29, 1.82) is 0 Å². The van der Waals surface area contributed by atoms with E-state index in [2.05, 4.69) is 0 Å². The van der Waals surface area contributed by atoms with Crippen LogP contribution in [0.2, 0.25) is 0 Å². The molecule has 0 amide bonds. The smallest absolute Gasteiger partial charge is 0.196 e. The minimum absolute atomic E-state index is 0.0655. The maximum Gasteiger partial charge on any atom is 0.196 e. The molecule has 0 bridgehead atoms. The summed E-state index contributed by atoms with van der Waals surface area (Å²) in [5.41, 5.74) is 3.05. The van der Waals surface area contributed by atoms with Gasteiger partial charge in [0.05, 0.1) is 19.8 Å². The number of allylic oxidation sites excluding steroid dienone is 3. The first-order valence-electron chi connectivity index (χ1n) is 9.05. The molecule has 0 radical (unpaired) electrons. The summed E-state index contributed by atoms with van der Waals surface area (Å²) in [7, 11) is 3.11. The van der Waals surface area contributed by atoms with Crippen LogP contribution in [0.3, 0.4) is 0 Å². The molecule has 2 aromatic rings. The highest BCUT2D eigenvalue weighted by Gasteiger charge is 2.28. The lowest BCUT2D eigenvalue weighted by molar-refractivity contribution is -0.117. The van der Waals surface area contributed by atoms with Gasteiger partial charge < -0.3 is 9.47 Å². The summed E-state index contributed by atoms with van der Waals surface area (Å²) in [4.78, 5) is 27.5. The van der Waals surface area contributed by atoms with Crippen molar-refractivity contribution in [3.63, 3.8) is 0 Å². The molecule has 1 aliphatic heterocycles. The van der Waals surface area contributed by atoms with Crippen LogP contribution in [0, 0.1) is 5.92 Å². The Kier molecular flexibility index (Phi) is 4.85. The van der Waals surface area contributed by atoms with E-state index in [-0.39, 0.29) is 17.5 Å². The van der Waals surface area contributed by atoms with Crippen LogP contribution in [0.5, 0.6) is 11.5 Å². The van der Waals surface area contributed by atoms with Crippen LogP contribution in [0.4, 0.5) is 0 Å². The third-order valence-electron chi connectivity index (χ3n) is 5.11. The molecule has 5 heteroatoms. The van der Waals surface area contributed by atoms with Gasteiger partial charge in [0, 0.05) is 39.3 Å². The van der Waals surface area contributed by atoms with Crippen LogP contribution in [0.25, 0.3) is 0 Å². The molecule has 28 heavy (non-hydrogen) atoms. The average Bonchev–Trinajstić information content (AvgIpc) is 2.74. The quantitative estimate of drug-likeness (QED) is 0.711. The van der Waals surface area contributed by atoms with Gasteiger partial charge in [-0.3, -0.25) is 9.59 Å². The van der Waals surface area contributed by atoms with Crippen molar-refractivity contribution < 1.29 is 19.1 Å². The van der Waals surface area contributed by atoms with Crippen molar-refractivity contribution in [2.45, 2.75) is 18.2 Å². The highest BCUT2D eigenvalue weighted by molar-refractivity contribution is 8.03. The fourth-order valence-corrected chi connectivity index (χ4v) is 4.61. The van der Waals surface area contributed by atoms with Gasteiger partial charge in [-0.05, 0) is 23.8 Å². The summed E-state index contributed by atoms with van der Waals surface area (Å²) in [6.07, 6.45) is 4.58. The molecular formula is C23H20O4S. The number of Topliss-reactive ketones (excluding diaryl/α,β-unsaturated/α-hetero) is 1. The molecule has 0 N–H and O–H groups in total. The van der Waals surface area contributed by atoms with Gasteiger partial charge in [0.15, 0.2) is 11.6 Å². The van der Waals surface area contributed by atoms with Crippen LogP contribution in [-0.4, -0.2) is 25.8 Å². The Bertz CT molecular complexity index is 1050. The van der Waals surface area contributed by atoms with Crippen molar-refractivity contribution >= 4 is 23.3 Å². The molecule has 2 aliphatic rings. The van der Waals surface area contributed by atoms with E-state index in [0.29, 0.717) is 29.0 Å². The summed E-state index contributed by atoms with van der Waals surface area (Å²) in [6, 6.07) is 10.9. The number of benzene rings is 2. The van der Waals surface area contributed by atoms with Crippen LogP contribution in [-0.2, 0) is 11.2 Å². The second kappa shape index (κ2) is 7.32. The zero-order valence-corrected chi connectivity index (χ0v) is 16.8. The topological polar surface area (TPSA) is 52.6 Å². The van der Waals surface area contributed by atoms with Gasteiger partial charge in [-0.2, -0.15) is 0 Å². The largest absolute Gasteiger partial charge is 0.497 e. The van der Waals surface area contributed by atoms with E-state index >= 15 is 0 Å². The molecule has 0 aromatic heterocycles. The average molecular weight is 392 g/mol. The zero-order chi connectivity index (χ0) is 19.8. The number of ether oxygens (including phenoxy) is 2. The monoisotopic (exact) mass is 392 g/mol. The van der Waals surface area contributed by atoms with E-state index in [4.69, 9.17) is 9.47 Å². The number of hydrogen-bond acceptors (Lipinski definition) is 5. The lowest BCUT2D eigenvalue weighted by atomic mass is 9.89. The van der Waals surface area contributed by atoms with Crippen LogP contribution in [0.15, 0.2) is 63.9 Å². The lowest BCUT2D eigenvalue weighted by Gasteiger charge is -2.25. The number of ketones is 2. The molecule has 142 valence electrons. The summed E-state index contributed by atoms with van der Waals surface area (Å²) >= 11 is 1.56. The van der Waals surface area contributed by atoms with Gasteiger partial charge in [-0.1, -0.05) is 43.0 Å². The summed E-state index contributed by atoms with van der Waals surface area (Å²) in [5, 5.41) is 0. The highest BCUT2D eigenvalue weighted by atomic mass is 32.2. The van der Waals surface area contributed by atoms with Crippen molar-refractivity contribution in [2.24, 2.45) is 5.92 Å². The van der Waals surface area contributed by atoms with Gasteiger partial charge in [0.2, 0.25) is 0 Å². The maximum absolute atomic E-state index is 13.1. The van der Waals surface area contributed by atoms with Gasteiger partial charge in [0.25, 0.3) is 0 Å². The zero-order valence-electron chi connectivity index (χ0n) is 15.9. The lowest BCUT2D eigenvalue weighted by Crippen LogP contribution is -2.20. The fraction of sp³-hybridized carbons (Fsp3) is 0.217. The summed E-state index contributed by atoms with van der Waals surface area (Å²) < 4.78 is 10.6. The number of thioether (sulfide) groups is 1. The van der Waals surface area contributed by atoms with E-state index in [1.165, 1.54) is 7.11 Å². The van der Waals surface area contributed by atoms with Gasteiger partial charge in [-0.25, -0.2) is 0 Å². The third kappa shape index (κ3) is 3.16. The van der Waals surface area contributed by atoms with E-state index in [0.717, 1.165) is 20.9 Å². The van der Waals surface area contributed by atoms with Crippen LogP contribution >= 0.6 is 11.8 Å². The van der Waals surface area contributed by atoms with Gasteiger partial charge >= 0.3 is 0 Å². The fourth-order valence-electron chi connectivity index (χ4n) is 3.47. The van der Waals surface area contributed by atoms with Crippen LogP contribution in [0.1, 0.15) is 28.4 Å². The minimum atomic E-state index is -0.105. The molecule has 1 heterocycles. The Balaban J connectivity index is 1.67. The van der Waals surface area contributed by atoms with E-state index in [1.807, 2.05) is 37.3 Å². The summed E-state index contributed by atoms with van der Waals surface area (Å²) in [5.74, 6) is 1.14. The Labute approximate surface area is 168 Å². The number of carbonyl (C=O) groups is 2. The normalized spacial score (nSPS) is 17.8. The third-order valence-corrected chi connectivity index (χ3v) is 6.32. The van der Waals surface area contributed by atoms with Crippen molar-refractivity contribution in [2.75, 3.05) is 14.2 Å². The second-order valence-electron chi connectivity index (χ2n) is 6.85. The van der Waals surface area contributed by atoms with Crippen molar-refractivity contribution in [3.05, 3.63) is 75.7 Å². The predicted octanol–water partition coefficient (Wildman–Crippen LogP) is 4.61. The van der Waals surface area contributed by atoms with Gasteiger partial charge in [-0.15, -0.1) is 0 Å². The first-order chi connectivity index (χ1) is 13.5. The summed E-state index contributed by atoms with van der Waals surface area (Å²) in [6.45, 7) is 1.92. The van der Waals surface area contributed by atoms with Crippen molar-refractivity contribution in [3.8, 4) is 11.5 Å². The maximum atomic E-state index is 13.1. The molecule has 4 nitrogen and oxygen atoms in total. The molecule has 1 atom stereocenters. The number of fused-ring (bicyclic) bond motifs is 1. The molecule has 0 saturated heterocycles. The first kappa shape index (κ1) is 18.6. The number of rotatable bonds is 4. The van der Waals surface area contributed by atoms with Crippen LogP contribution < -0.4 is 9.47 Å². The molecule has 0 spiro atoms. The number of hydrogen-bond donors (Lipinski definition) is 0. The molecular weight excluding hydrogens is 372 g/mol. The molecule has 1 aliphatic carbocycles. The molecule has 0 fully saturated rings. The van der Waals surface area contributed by atoms with Crippen molar-refractivity contribution in [1.82, 2.24) is 0 Å². The number of carbonyl (C=O) groups excluding carboxylic acids is 2. The van der Waals surface area contributed by atoms with E-state index in [1.54, 1.807) is 37.1 Å². The molecule has 1 unspecified atom stereocenters. The Morgan fingerprint density at radius 3 is 2.68 bits per heavy atom. The first-order valence-corrected chi connectivity index (χ1v) is 9.86. The minimum Gasteiger partial charge on any atom is -0.497 e. The Morgan fingerprint density at radius 1 is 1.11 bits per heavy atom. The highest BCUT2D eigenvalue weighted by Crippen LogP contribution is 2.42. The number of methoxy groups -OCH3 is 2. The molecule has 2 aromatic carbocycles. The predicted molar refractivity (Wildman–Crippen MR) is 109 cm³/mol. The van der Waals surface area contributed by atoms with Gasteiger partial charge in [0.1, 0.15) is 11.5 Å². The molecule has 4 rings (SSSR count). The Morgan fingerprint density at radius 2 is 1.93 bits per heavy atom.